The zero-order valence-electron chi connectivity index (χ0n) is 16.4. The van der Waals surface area contributed by atoms with Gasteiger partial charge in [0.05, 0.1) is 13.0 Å². The molecule has 0 aliphatic carbocycles. The van der Waals surface area contributed by atoms with E-state index in [-0.39, 0.29) is 11.8 Å². The highest BCUT2D eigenvalue weighted by atomic mass is 35.5. The maximum atomic E-state index is 12.6. The number of hydrogen-bond donors (Lipinski definition) is 0. The van der Waals surface area contributed by atoms with Crippen LogP contribution < -0.4 is 0 Å². The Morgan fingerprint density at radius 2 is 1.59 bits per heavy atom. The van der Waals surface area contributed by atoms with Crippen LogP contribution in [0, 0.1) is 11.8 Å². The lowest BCUT2D eigenvalue weighted by Gasteiger charge is -2.38. The van der Waals surface area contributed by atoms with Gasteiger partial charge in [-0.1, -0.05) is 43.6 Å². The van der Waals surface area contributed by atoms with Crippen molar-refractivity contribution < 1.29 is 9.59 Å². The van der Waals surface area contributed by atoms with Gasteiger partial charge in [-0.15, -0.1) is 0 Å². The molecule has 0 saturated carbocycles. The van der Waals surface area contributed by atoms with E-state index in [1.165, 1.54) is 6.42 Å². The Morgan fingerprint density at radius 1 is 0.963 bits per heavy atom. The van der Waals surface area contributed by atoms with Gasteiger partial charge in [0.2, 0.25) is 11.8 Å². The Hall–Kier alpha value is -1.59. The van der Waals surface area contributed by atoms with Crippen LogP contribution in [-0.4, -0.2) is 72.3 Å². The molecule has 2 aliphatic heterocycles. The Labute approximate surface area is 167 Å². The molecule has 0 N–H and O–H groups in total. The lowest BCUT2D eigenvalue weighted by molar-refractivity contribution is -0.136. The van der Waals surface area contributed by atoms with Crippen LogP contribution in [0.2, 0.25) is 5.02 Å². The maximum absolute atomic E-state index is 12.6. The average molecular weight is 392 g/mol. The Morgan fingerprint density at radius 3 is 2.22 bits per heavy atom. The van der Waals surface area contributed by atoms with Gasteiger partial charge in [-0.25, -0.2) is 0 Å². The predicted octanol–water partition coefficient (Wildman–Crippen LogP) is 2.53. The number of halogens is 1. The van der Waals surface area contributed by atoms with E-state index in [0.717, 1.165) is 31.7 Å². The lowest BCUT2D eigenvalue weighted by Crippen LogP contribution is -2.53. The molecular formula is C21H30ClN3O2. The molecule has 0 bridgehead atoms. The first kappa shape index (κ1) is 20.2. The van der Waals surface area contributed by atoms with Crippen molar-refractivity contribution >= 4 is 23.4 Å². The summed E-state index contributed by atoms with van der Waals surface area (Å²) in [6, 6.07) is 7.49. The number of piperidine rings is 1. The minimum Gasteiger partial charge on any atom is -0.341 e. The molecule has 2 unspecified atom stereocenters. The van der Waals surface area contributed by atoms with Crippen molar-refractivity contribution in [3.05, 3.63) is 34.9 Å². The summed E-state index contributed by atoms with van der Waals surface area (Å²) in [5.74, 6) is 1.49. The highest BCUT2D eigenvalue weighted by molar-refractivity contribution is 6.31. The first-order valence-corrected chi connectivity index (χ1v) is 10.3. The van der Waals surface area contributed by atoms with E-state index in [0.29, 0.717) is 42.9 Å². The molecule has 148 valence electrons. The first-order chi connectivity index (χ1) is 12.9. The Bertz CT molecular complexity index is 663. The maximum Gasteiger partial charge on any atom is 0.236 e. The fourth-order valence-electron chi connectivity index (χ4n) is 4.23. The number of amides is 2. The number of piperazine rings is 1. The van der Waals surface area contributed by atoms with Crippen LogP contribution in [0.4, 0.5) is 0 Å². The topological polar surface area (TPSA) is 43.9 Å². The van der Waals surface area contributed by atoms with Gasteiger partial charge in [-0.3, -0.25) is 14.5 Å². The summed E-state index contributed by atoms with van der Waals surface area (Å²) in [6.07, 6.45) is 1.54. The molecule has 2 aliphatic rings. The molecule has 2 heterocycles. The number of hydrogen-bond acceptors (Lipinski definition) is 3. The van der Waals surface area contributed by atoms with E-state index in [1.54, 1.807) is 0 Å². The fraction of sp³-hybridized carbons (Fsp3) is 0.619. The third-order valence-corrected chi connectivity index (χ3v) is 5.97. The van der Waals surface area contributed by atoms with E-state index in [9.17, 15) is 9.59 Å². The molecule has 1 aromatic carbocycles. The normalized spacial score (nSPS) is 24.1. The number of nitrogens with zero attached hydrogens (tertiary/aromatic N) is 3. The van der Waals surface area contributed by atoms with Crippen LogP contribution in [0.3, 0.4) is 0 Å². The van der Waals surface area contributed by atoms with Crippen molar-refractivity contribution in [2.24, 2.45) is 11.8 Å². The average Bonchev–Trinajstić information content (AvgIpc) is 2.63. The van der Waals surface area contributed by atoms with E-state index < -0.39 is 0 Å². The summed E-state index contributed by atoms with van der Waals surface area (Å²) >= 11 is 6.16. The van der Waals surface area contributed by atoms with Gasteiger partial charge in [0.1, 0.15) is 0 Å². The number of carbonyl (C=O) groups is 2. The quantitative estimate of drug-likeness (QED) is 0.792. The van der Waals surface area contributed by atoms with Crippen LogP contribution in [-0.2, 0) is 16.0 Å². The molecule has 27 heavy (non-hydrogen) atoms. The molecule has 5 nitrogen and oxygen atoms in total. The largest absolute Gasteiger partial charge is 0.341 e. The highest BCUT2D eigenvalue weighted by Crippen LogP contribution is 2.21. The molecule has 6 heteroatoms. The number of rotatable bonds is 4. The summed E-state index contributed by atoms with van der Waals surface area (Å²) in [5.41, 5.74) is 0.870. The van der Waals surface area contributed by atoms with Gasteiger partial charge in [0, 0.05) is 44.3 Å². The molecule has 0 spiro atoms. The van der Waals surface area contributed by atoms with E-state index >= 15 is 0 Å². The standard InChI is InChI=1S/C21H30ClN3O2/c1-16-11-17(2)14-25(13-16)21(27)15-23-7-9-24(10-8-23)20(26)12-18-5-3-4-6-19(18)22/h3-6,16-17H,7-15H2,1-2H3. The Kier molecular flexibility index (Phi) is 6.77. The van der Waals surface area contributed by atoms with Crippen molar-refractivity contribution in [3.8, 4) is 0 Å². The minimum atomic E-state index is 0.104. The summed E-state index contributed by atoms with van der Waals surface area (Å²) in [4.78, 5) is 31.3. The second-order valence-electron chi connectivity index (χ2n) is 8.17. The van der Waals surface area contributed by atoms with Gasteiger partial charge >= 0.3 is 0 Å². The first-order valence-electron chi connectivity index (χ1n) is 9.93. The summed E-state index contributed by atoms with van der Waals surface area (Å²) < 4.78 is 0. The SMILES string of the molecule is CC1CC(C)CN(C(=O)CN2CCN(C(=O)Cc3ccccc3Cl)CC2)C1. The molecule has 3 rings (SSSR count). The van der Waals surface area contributed by atoms with Gasteiger partial charge in [0.15, 0.2) is 0 Å². The number of benzene rings is 1. The van der Waals surface area contributed by atoms with Crippen molar-refractivity contribution in [2.45, 2.75) is 26.7 Å². The van der Waals surface area contributed by atoms with Crippen LogP contribution in [0.15, 0.2) is 24.3 Å². The molecule has 1 aromatic rings. The van der Waals surface area contributed by atoms with Gasteiger partial charge in [-0.2, -0.15) is 0 Å². The van der Waals surface area contributed by atoms with Crippen molar-refractivity contribution in [1.29, 1.82) is 0 Å². The predicted molar refractivity (Wildman–Crippen MR) is 108 cm³/mol. The van der Waals surface area contributed by atoms with Crippen molar-refractivity contribution in [1.82, 2.24) is 14.7 Å². The molecule has 0 aromatic heterocycles. The monoisotopic (exact) mass is 391 g/mol. The Balaban J connectivity index is 1.45. The van der Waals surface area contributed by atoms with Crippen LogP contribution in [0.25, 0.3) is 0 Å². The molecule has 0 radical (unpaired) electrons. The molecule has 2 atom stereocenters. The van der Waals surface area contributed by atoms with Gasteiger partial charge in [-0.05, 0) is 29.9 Å². The molecule has 2 saturated heterocycles. The van der Waals surface area contributed by atoms with Crippen molar-refractivity contribution in [3.63, 3.8) is 0 Å². The van der Waals surface area contributed by atoms with Gasteiger partial charge < -0.3 is 9.80 Å². The third-order valence-electron chi connectivity index (χ3n) is 5.60. The van der Waals surface area contributed by atoms with E-state index in [1.807, 2.05) is 34.1 Å². The molecular weight excluding hydrogens is 362 g/mol. The second kappa shape index (κ2) is 9.07. The minimum absolute atomic E-state index is 0.104. The zero-order valence-corrected chi connectivity index (χ0v) is 17.1. The molecule has 2 fully saturated rings. The van der Waals surface area contributed by atoms with Gasteiger partial charge in [0.25, 0.3) is 0 Å². The van der Waals surface area contributed by atoms with E-state index in [4.69, 9.17) is 11.6 Å². The third kappa shape index (κ3) is 5.45. The number of likely N-dealkylation sites (tertiary alicyclic amines) is 1. The highest BCUT2D eigenvalue weighted by Gasteiger charge is 2.28. The summed E-state index contributed by atoms with van der Waals surface area (Å²) in [7, 11) is 0. The van der Waals surface area contributed by atoms with Crippen LogP contribution in [0.5, 0.6) is 0 Å². The summed E-state index contributed by atoms with van der Waals surface area (Å²) in [6.45, 7) is 9.49. The van der Waals surface area contributed by atoms with Crippen LogP contribution >= 0.6 is 11.6 Å². The van der Waals surface area contributed by atoms with Crippen LogP contribution in [0.1, 0.15) is 25.8 Å². The summed E-state index contributed by atoms with van der Waals surface area (Å²) in [5, 5.41) is 0.639. The second-order valence-corrected chi connectivity index (χ2v) is 8.58. The smallest absolute Gasteiger partial charge is 0.236 e. The zero-order chi connectivity index (χ0) is 19.4. The lowest BCUT2D eigenvalue weighted by atomic mass is 9.92. The number of carbonyl (C=O) groups excluding carboxylic acids is 2. The van der Waals surface area contributed by atoms with E-state index in [2.05, 4.69) is 18.7 Å². The molecule has 2 amide bonds. The van der Waals surface area contributed by atoms with Crippen molar-refractivity contribution in [2.75, 3.05) is 45.8 Å². The fourth-order valence-corrected chi connectivity index (χ4v) is 4.43.